The van der Waals surface area contributed by atoms with Crippen LogP contribution in [-0.4, -0.2) is 24.8 Å². The number of ether oxygens (including phenoxy) is 1. The maximum absolute atomic E-state index is 12.5. The quantitative estimate of drug-likeness (QED) is 0.657. The van der Waals surface area contributed by atoms with Gasteiger partial charge in [-0.1, -0.05) is 6.07 Å². The number of hydrogen-bond acceptors (Lipinski definition) is 5. The lowest BCUT2D eigenvalue weighted by atomic mass is 10.2. The van der Waals surface area contributed by atoms with Crippen LogP contribution in [-0.2, 0) is 14.4 Å². The van der Waals surface area contributed by atoms with E-state index < -0.39 is 17.7 Å². The second-order valence-corrected chi connectivity index (χ2v) is 5.41. The summed E-state index contributed by atoms with van der Waals surface area (Å²) < 4.78 is 5.17. The van der Waals surface area contributed by atoms with Crippen molar-refractivity contribution in [2.24, 2.45) is 0 Å². The summed E-state index contributed by atoms with van der Waals surface area (Å²) in [5.41, 5.74) is 7.58. The first kappa shape index (κ1) is 18.0. The molecule has 3 amide bonds. The number of carbonyl (C=O) groups excluding carboxylic acids is 3. The predicted octanol–water partition coefficient (Wildman–Crippen LogP) is 2.10. The fourth-order valence-corrected chi connectivity index (χ4v) is 2.26. The summed E-state index contributed by atoms with van der Waals surface area (Å²) in [6.07, 6.45) is 0. The first-order valence-electron chi connectivity index (χ1n) is 7.49. The highest BCUT2D eigenvalue weighted by Gasteiger charge is 2.27. The average molecular weight is 341 g/mol. The van der Waals surface area contributed by atoms with Gasteiger partial charge in [-0.3, -0.25) is 14.4 Å². The van der Waals surface area contributed by atoms with Gasteiger partial charge in [0.25, 0.3) is 0 Å². The van der Waals surface area contributed by atoms with Crippen molar-refractivity contribution in [3.63, 3.8) is 0 Å². The topological polar surface area (TPSA) is 102 Å². The van der Waals surface area contributed by atoms with Crippen molar-refractivity contribution in [2.45, 2.75) is 13.8 Å². The van der Waals surface area contributed by atoms with Crippen LogP contribution in [0.5, 0.6) is 5.75 Å². The number of amides is 3. The Kier molecular flexibility index (Phi) is 5.38. The van der Waals surface area contributed by atoms with Gasteiger partial charge in [-0.05, 0) is 48.9 Å². The number of rotatable bonds is 3. The van der Waals surface area contributed by atoms with Crippen LogP contribution in [0.4, 0.5) is 17.1 Å². The minimum absolute atomic E-state index is 0.262. The number of nitrogen functional groups attached to an aromatic ring is 1. The summed E-state index contributed by atoms with van der Waals surface area (Å²) in [6.45, 7) is 3.04. The normalized spacial score (nSPS) is 10.0. The first-order chi connectivity index (χ1) is 11.8. The number of imide groups is 1. The van der Waals surface area contributed by atoms with Gasteiger partial charge in [0, 0.05) is 12.6 Å². The highest BCUT2D eigenvalue weighted by Crippen LogP contribution is 2.25. The van der Waals surface area contributed by atoms with E-state index in [1.54, 1.807) is 24.3 Å². The molecule has 0 atom stereocenters. The third-order valence-corrected chi connectivity index (χ3v) is 3.47. The van der Waals surface area contributed by atoms with Crippen molar-refractivity contribution < 1.29 is 19.1 Å². The van der Waals surface area contributed by atoms with Crippen molar-refractivity contribution in [2.75, 3.05) is 23.1 Å². The van der Waals surface area contributed by atoms with E-state index in [0.717, 1.165) is 10.5 Å². The maximum atomic E-state index is 12.5. The van der Waals surface area contributed by atoms with E-state index in [9.17, 15) is 14.4 Å². The summed E-state index contributed by atoms with van der Waals surface area (Å²) in [7, 11) is 1.46. The molecule has 0 unspecified atom stereocenters. The van der Waals surface area contributed by atoms with Crippen LogP contribution < -0.4 is 20.7 Å². The van der Waals surface area contributed by atoms with E-state index in [4.69, 9.17) is 10.5 Å². The third kappa shape index (κ3) is 4.14. The van der Waals surface area contributed by atoms with Gasteiger partial charge in [0.15, 0.2) is 0 Å². The number of nitrogens with one attached hydrogen (secondary N) is 1. The van der Waals surface area contributed by atoms with E-state index in [1.807, 2.05) is 13.0 Å². The number of hydrogen-bond donors (Lipinski definition) is 2. The molecule has 0 fully saturated rings. The summed E-state index contributed by atoms with van der Waals surface area (Å²) in [5, 5.41) is 2.49. The highest BCUT2D eigenvalue weighted by molar-refractivity contribution is 6.48. The number of methoxy groups -OCH3 is 1. The lowest BCUT2D eigenvalue weighted by molar-refractivity contribution is -0.136. The molecule has 130 valence electrons. The van der Waals surface area contributed by atoms with Crippen LogP contribution >= 0.6 is 0 Å². The second-order valence-electron chi connectivity index (χ2n) is 5.41. The summed E-state index contributed by atoms with van der Waals surface area (Å²) in [4.78, 5) is 37.5. The molecule has 0 aromatic heterocycles. The molecule has 3 N–H and O–H groups in total. The summed E-state index contributed by atoms with van der Waals surface area (Å²) >= 11 is 0. The Hall–Kier alpha value is -3.35. The zero-order valence-electron chi connectivity index (χ0n) is 14.2. The van der Waals surface area contributed by atoms with Crippen molar-refractivity contribution in [3.05, 3.63) is 48.0 Å². The zero-order chi connectivity index (χ0) is 18.6. The number of benzene rings is 2. The Balaban J connectivity index is 2.28. The smallest absolute Gasteiger partial charge is 0.323 e. The molecule has 0 aliphatic rings. The van der Waals surface area contributed by atoms with Gasteiger partial charge in [-0.15, -0.1) is 0 Å². The summed E-state index contributed by atoms with van der Waals surface area (Å²) in [5.74, 6) is -2.12. The minimum atomic E-state index is -0.999. The molecule has 0 heterocycles. The summed E-state index contributed by atoms with van der Waals surface area (Å²) in [6, 6.07) is 11.2. The van der Waals surface area contributed by atoms with Crippen LogP contribution in [0.2, 0.25) is 0 Å². The molecular formula is C18H19N3O4. The molecule has 0 aliphatic carbocycles. The highest BCUT2D eigenvalue weighted by atomic mass is 16.5. The fourth-order valence-electron chi connectivity index (χ4n) is 2.26. The lowest BCUT2D eigenvalue weighted by Crippen LogP contribution is -2.42. The van der Waals surface area contributed by atoms with Crippen molar-refractivity contribution in [1.82, 2.24) is 0 Å². The number of carbonyl (C=O) groups is 3. The van der Waals surface area contributed by atoms with Gasteiger partial charge < -0.3 is 15.8 Å². The minimum Gasteiger partial charge on any atom is -0.495 e. The van der Waals surface area contributed by atoms with Crippen molar-refractivity contribution in [1.29, 1.82) is 0 Å². The van der Waals surface area contributed by atoms with Gasteiger partial charge in [-0.25, -0.2) is 4.90 Å². The Morgan fingerprint density at radius 3 is 2.28 bits per heavy atom. The molecule has 0 saturated carbocycles. The third-order valence-electron chi connectivity index (χ3n) is 3.47. The van der Waals surface area contributed by atoms with Crippen LogP contribution in [0.15, 0.2) is 42.5 Å². The van der Waals surface area contributed by atoms with E-state index in [1.165, 1.54) is 26.2 Å². The molecule has 2 aromatic rings. The van der Waals surface area contributed by atoms with Gasteiger partial charge in [0.2, 0.25) is 5.91 Å². The molecule has 0 radical (unpaired) electrons. The van der Waals surface area contributed by atoms with Crippen LogP contribution in [0.25, 0.3) is 0 Å². The number of nitrogens with two attached hydrogens (primary N) is 1. The molecule has 0 bridgehead atoms. The van der Waals surface area contributed by atoms with Crippen LogP contribution in [0.1, 0.15) is 12.5 Å². The number of anilines is 3. The number of aryl methyl sites for hydroxylation is 1. The largest absolute Gasteiger partial charge is 0.495 e. The molecular weight excluding hydrogens is 322 g/mol. The molecule has 2 rings (SSSR count). The van der Waals surface area contributed by atoms with Crippen LogP contribution in [0, 0.1) is 6.92 Å². The van der Waals surface area contributed by atoms with Gasteiger partial charge in [0.1, 0.15) is 5.75 Å². The Labute approximate surface area is 145 Å². The van der Waals surface area contributed by atoms with Crippen LogP contribution in [0.3, 0.4) is 0 Å². The Bertz CT molecular complexity index is 816. The standard InChI is InChI=1S/C18H19N3O4/c1-11-4-9-16(25-3)15(10-11)20-17(23)18(24)21(12(2)22)14-7-5-13(19)6-8-14/h4-10H,19H2,1-3H3,(H,20,23). The monoisotopic (exact) mass is 341 g/mol. The van der Waals surface area contributed by atoms with Crippen molar-refractivity contribution >= 4 is 34.8 Å². The van der Waals surface area contributed by atoms with Crippen molar-refractivity contribution in [3.8, 4) is 5.75 Å². The molecule has 7 heteroatoms. The molecule has 2 aromatic carbocycles. The molecule has 0 saturated heterocycles. The lowest BCUT2D eigenvalue weighted by Gasteiger charge is -2.19. The molecule has 25 heavy (non-hydrogen) atoms. The molecule has 0 aliphatic heterocycles. The van der Waals surface area contributed by atoms with Gasteiger partial charge >= 0.3 is 11.8 Å². The fraction of sp³-hybridized carbons (Fsp3) is 0.167. The van der Waals surface area contributed by atoms with Gasteiger partial charge in [0.05, 0.1) is 18.5 Å². The Morgan fingerprint density at radius 2 is 1.72 bits per heavy atom. The predicted molar refractivity (Wildman–Crippen MR) is 95.4 cm³/mol. The van der Waals surface area contributed by atoms with E-state index in [-0.39, 0.29) is 5.69 Å². The second kappa shape index (κ2) is 7.48. The maximum Gasteiger partial charge on any atom is 0.323 e. The SMILES string of the molecule is COc1ccc(C)cc1NC(=O)C(=O)N(C(C)=O)c1ccc(N)cc1. The average Bonchev–Trinajstić information content (AvgIpc) is 2.56. The zero-order valence-corrected chi connectivity index (χ0v) is 14.2. The Morgan fingerprint density at radius 1 is 1.08 bits per heavy atom. The van der Waals surface area contributed by atoms with E-state index in [0.29, 0.717) is 17.1 Å². The van der Waals surface area contributed by atoms with E-state index >= 15 is 0 Å². The number of nitrogens with zero attached hydrogens (tertiary/aromatic N) is 1. The molecule has 0 spiro atoms. The molecule has 7 nitrogen and oxygen atoms in total. The first-order valence-corrected chi connectivity index (χ1v) is 7.49. The van der Waals surface area contributed by atoms with Gasteiger partial charge in [-0.2, -0.15) is 0 Å². The van der Waals surface area contributed by atoms with E-state index in [2.05, 4.69) is 5.32 Å².